The molecule has 0 spiro atoms. The molecule has 1 aliphatic rings. The third-order valence-corrected chi connectivity index (χ3v) is 1.83. The summed E-state index contributed by atoms with van der Waals surface area (Å²) in [6, 6.07) is 0. The second-order valence-corrected chi connectivity index (χ2v) is 3.04. The van der Waals surface area contributed by atoms with Gasteiger partial charge in [-0.15, -0.1) is 11.3 Å². The fourth-order valence-electron chi connectivity index (χ4n) is 0.685. The number of nitrogens with zero attached hydrogens (tertiary/aromatic N) is 2. The van der Waals surface area contributed by atoms with Crippen LogP contribution in [0.5, 0.6) is 0 Å². The van der Waals surface area contributed by atoms with Crippen molar-refractivity contribution >= 4 is 23.6 Å². The number of carboxylic acids is 1. The third kappa shape index (κ3) is 3.81. The topological polar surface area (TPSA) is 74.6 Å². The Morgan fingerprint density at radius 2 is 2.50 bits per heavy atom. The van der Waals surface area contributed by atoms with Crippen LogP contribution in [-0.4, -0.2) is 28.9 Å². The van der Waals surface area contributed by atoms with Crippen LogP contribution in [0.2, 0.25) is 0 Å². The van der Waals surface area contributed by atoms with Crippen LogP contribution in [0.1, 0.15) is 0 Å². The quantitative estimate of drug-likeness (QED) is 0.718. The average Bonchev–Trinajstić information content (AvgIpc) is 2.77. The lowest BCUT2D eigenvalue weighted by atomic mass is 10.3. The summed E-state index contributed by atoms with van der Waals surface area (Å²) in [7, 11) is 0. The molecule has 0 saturated heterocycles. The molecule has 0 atom stereocenters. The lowest BCUT2D eigenvalue weighted by Gasteiger charge is -2.01. The minimum Gasteiger partial charge on any atom is -0.478 e. The number of hydrogen-bond donors (Lipinski definition) is 2. The van der Waals surface area contributed by atoms with Crippen LogP contribution >= 0.6 is 11.3 Å². The van der Waals surface area contributed by atoms with E-state index in [9.17, 15) is 4.79 Å². The Labute approximate surface area is 84.8 Å². The highest BCUT2D eigenvalue weighted by Crippen LogP contribution is 1.95. The molecule has 2 N–H and O–H groups in total. The molecular formula is C8H9N3O2S. The van der Waals surface area contributed by atoms with Gasteiger partial charge in [0.2, 0.25) is 0 Å². The molecule has 0 fully saturated rings. The molecule has 74 valence electrons. The van der Waals surface area contributed by atoms with Gasteiger partial charge in [-0.05, 0) is 0 Å². The number of carboxylic acid groups (broad SMARTS) is 1. The maximum atomic E-state index is 10.2. The summed E-state index contributed by atoms with van der Waals surface area (Å²) in [5.74, 6) is -0.917. The van der Waals surface area contributed by atoms with Gasteiger partial charge in [0.15, 0.2) is 0 Å². The number of aromatic nitrogens is 1. The van der Waals surface area contributed by atoms with Crippen LogP contribution in [0.4, 0.5) is 0 Å². The largest absolute Gasteiger partial charge is 0.478 e. The van der Waals surface area contributed by atoms with Crippen molar-refractivity contribution in [3.8, 4) is 0 Å². The number of rotatable bonds is 1. The summed E-state index contributed by atoms with van der Waals surface area (Å²) in [4.78, 5) is 17.6. The van der Waals surface area contributed by atoms with E-state index in [0.717, 1.165) is 0 Å². The number of aliphatic carboxylic acids is 1. The van der Waals surface area contributed by atoms with Crippen molar-refractivity contribution in [1.82, 2.24) is 10.3 Å². The molecule has 14 heavy (non-hydrogen) atoms. The molecule has 2 rings (SSSR count). The monoisotopic (exact) mass is 211 g/mol. The predicted molar refractivity (Wildman–Crippen MR) is 54.3 cm³/mol. The molecule has 5 nitrogen and oxygen atoms in total. The van der Waals surface area contributed by atoms with Gasteiger partial charge in [0.1, 0.15) is 0 Å². The zero-order valence-corrected chi connectivity index (χ0v) is 8.07. The molecule has 0 aliphatic carbocycles. The SMILES string of the molecule is O=C(O)C1=CNC=NC1.c1cscn1. The molecule has 0 bridgehead atoms. The van der Waals surface area contributed by atoms with Gasteiger partial charge in [-0.1, -0.05) is 0 Å². The number of nitrogens with one attached hydrogen (secondary N) is 1. The molecule has 1 aliphatic heterocycles. The Morgan fingerprint density at radius 1 is 1.64 bits per heavy atom. The van der Waals surface area contributed by atoms with Crippen molar-refractivity contribution in [1.29, 1.82) is 0 Å². The summed E-state index contributed by atoms with van der Waals surface area (Å²) in [6.07, 6.45) is 4.66. The zero-order chi connectivity index (χ0) is 10.2. The number of carbonyl (C=O) groups is 1. The summed E-state index contributed by atoms with van der Waals surface area (Å²) in [5.41, 5.74) is 2.08. The normalized spacial score (nSPS) is 13.3. The Bertz CT molecular complexity index is 315. The van der Waals surface area contributed by atoms with E-state index in [1.54, 1.807) is 23.0 Å². The van der Waals surface area contributed by atoms with Gasteiger partial charge in [-0.2, -0.15) is 0 Å². The van der Waals surface area contributed by atoms with Crippen molar-refractivity contribution in [3.05, 3.63) is 28.9 Å². The third-order valence-electron chi connectivity index (χ3n) is 1.31. The second kappa shape index (κ2) is 5.87. The number of thiazole rings is 1. The summed E-state index contributed by atoms with van der Waals surface area (Å²) >= 11 is 1.60. The standard InChI is InChI=1S/C5H6N2O2.C3H3NS/c8-5(9)4-1-6-3-7-2-4;1-2-5-3-4-1/h1,3H,2H2,(H,6,7)(H,8,9);1-3H. The number of aliphatic imine (C=N–C) groups is 1. The lowest BCUT2D eigenvalue weighted by Crippen LogP contribution is -2.15. The minimum absolute atomic E-state index is 0.266. The van der Waals surface area contributed by atoms with Gasteiger partial charge in [-0.3, -0.25) is 9.98 Å². The first kappa shape index (κ1) is 10.4. The van der Waals surface area contributed by atoms with Crippen LogP contribution in [0, 0.1) is 0 Å². The molecule has 2 heterocycles. The van der Waals surface area contributed by atoms with Gasteiger partial charge in [0, 0.05) is 17.8 Å². The van der Waals surface area contributed by atoms with E-state index in [4.69, 9.17) is 5.11 Å². The first-order valence-corrected chi connectivity index (χ1v) is 4.74. The number of hydrogen-bond acceptors (Lipinski definition) is 5. The molecule has 0 saturated carbocycles. The van der Waals surface area contributed by atoms with Crippen LogP contribution < -0.4 is 5.32 Å². The van der Waals surface area contributed by atoms with E-state index in [0.29, 0.717) is 0 Å². The first-order valence-electron chi connectivity index (χ1n) is 3.79. The fraction of sp³-hybridized carbons (Fsp3) is 0.125. The predicted octanol–water partition coefficient (Wildman–Crippen LogP) is 0.729. The summed E-state index contributed by atoms with van der Waals surface area (Å²) in [6.45, 7) is 0.266. The van der Waals surface area contributed by atoms with Crippen molar-refractivity contribution in [2.24, 2.45) is 4.99 Å². The van der Waals surface area contributed by atoms with Gasteiger partial charge in [-0.25, -0.2) is 4.79 Å². The van der Waals surface area contributed by atoms with Gasteiger partial charge < -0.3 is 10.4 Å². The summed E-state index contributed by atoms with van der Waals surface area (Å²) in [5, 5.41) is 12.9. The Balaban J connectivity index is 0.000000165. The second-order valence-electron chi connectivity index (χ2n) is 2.29. The van der Waals surface area contributed by atoms with Crippen LogP contribution in [0.15, 0.2) is 33.9 Å². The average molecular weight is 211 g/mol. The zero-order valence-electron chi connectivity index (χ0n) is 7.25. The smallest absolute Gasteiger partial charge is 0.334 e. The van der Waals surface area contributed by atoms with Crippen LogP contribution in [-0.2, 0) is 4.79 Å². The van der Waals surface area contributed by atoms with Crippen molar-refractivity contribution in [2.45, 2.75) is 0 Å². The molecule has 0 amide bonds. The van der Waals surface area contributed by atoms with E-state index in [1.165, 1.54) is 12.5 Å². The van der Waals surface area contributed by atoms with Crippen molar-refractivity contribution in [3.63, 3.8) is 0 Å². The summed E-state index contributed by atoms with van der Waals surface area (Å²) < 4.78 is 0. The molecule has 0 aromatic carbocycles. The maximum Gasteiger partial charge on any atom is 0.334 e. The minimum atomic E-state index is -0.917. The molecule has 1 aromatic rings. The highest BCUT2D eigenvalue weighted by atomic mass is 32.1. The Morgan fingerprint density at radius 3 is 2.79 bits per heavy atom. The van der Waals surface area contributed by atoms with Gasteiger partial charge >= 0.3 is 5.97 Å². The van der Waals surface area contributed by atoms with E-state index < -0.39 is 5.97 Å². The molecule has 6 heteroatoms. The van der Waals surface area contributed by atoms with Crippen LogP contribution in [0.3, 0.4) is 0 Å². The molecule has 0 unspecified atom stereocenters. The molecular weight excluding hydrogens is 202 g/mol. The Kier molecular flexibility index (Phi) is 4.36. The van der Waals surface area contributed by atoms with Gasteiger partial charge in [0.05, 0.1) is 24.0 Å². The Hall–Kier alpha value is -1.69. The lowest BCUT2D eigenvalue weighted by molar-refractivity contribution is -0.132. The van der Waals surface area contributed by atoms with Gasteiger partial charge in [0.25, 0.3) is 0 Å². The molecule has 0 radical (unpaired) electrons. The van der Waals surface area contributed by atoms with E-state index >= 15 is 0 Å². The highest BCUT2D eigenvalue weighted by Gasteiger charge is 2.06. The van der Waals surface area contributed by atoms with E-state index in [-0.39, 0.29) is 12.1 Å². The maximum absolute atomic E-state index is 10.2. The molecule has 1 aromatic heterocycles. The fourth-order valence-corrected chi connectivity index (χ4v) is 1.04. The van der Waals surface area contributed by atoms with Crippen LogP contribution in [0.25, 0.3) is 0 Å². The highest BCUT2D eigenvalue weighted by molar-refractivity contribution is 7.07. The van der Waals surface area contributed by atoms with Crippen molar-refractivity contribution in [2.75, 3.05) is 6.54 Å². The van der Waals surface area contributed by atoms with E-state index in [1.807, 2.05) is 5.38 Å². The van der Waals surface area contributed by atoms with Crippen molar-refractivity contribution < 1.29 is 9.90 Å². The van der Waals surface area contributed by atoms with E-state index in [2.05, 4.69) is 15.3 Å². The first-order chi connectivity index (χ1) is 6.80.